The number of hydrogen-bond donors (Lipinski definition) is 2. The number of hydrogen-bond acceptors (Lipinski definition) is 5. The molecule has 138 valence electrons. The molecule has 0 aliphatic carbocycles. The minimum absolute atomic E-state index is 0.130. The van der Waals surface area contributed by atoms with Crippen LogP contribution in [-0.2, 0) is 4.79 Å². The molecule has 6 nitrogen and oxygen atoms in total. The molecule has 0 fully saturated rings. The second kappa shape index (κ2) is 9.24. The highest BCUT2D eigenvalue weighted by Gasteiger charge is 2.08. The molecule has 7 heteroatoms. The molecule has 0 saturated carbocycles. The summed E-state index contributed by atoms with van der Waals surface area (Å²) in [7, 11) is 3.14. The average molecular weight is 420 g/mol. The molecule has 0 bridgehead atoms. The summed E-state index contributed by atoms with van der Waals surface area (Å²) in [4.78, 5) is 12.0. The fourth-order valence-electron chi connectivity index (χ4n) is 2.39. The van der Waals surface area contributed by atoms with Gasteiger partial charge < -0.3 is 14.8 Å². The fourth-order valence-corrected chi connectivity index (χ4v) is 2.91. The summed E-state index contributed by atoms with van der Waals surface area (Å²) in [5.74, 6) is 1.00. The van der Waals surface area contributed by atoms with Crippen LogP contribution in [0.3, 0.4) is 0 Å². The highest BCUT2D eigenvalue weighted by molar-refractivity contribution is 9.10. The van der Waals surface area contributed by atoms with Gasteiger partial charge in [0.2, 0.25) is 0 Å². The van der Waals surface area contributed by atoms with Gasteiger partial charge in [-0.3, -0.25) is 4.79 Å². The Kier molecular flexibility index (Phi) is 7.03. The predicted molar refractivity (Wildman–Crippen MR) is 107 cm³/mol. The number of hydrazone groups is 1. The normalized spacial score (nSPS) is 10.7. The minimum Gasteiger partial charge on any atom is -0.496 e. The number of carbonyl (C=O) groups excluding carboxylic acids is 1. The van der Waals surface area contributed by atoms with E-state index in [1.54, 1.807) is 26.4 Å². The second-order valence-corrected chi connectivity index (χ2v) is 6.55. The average Bonchev–Trinajstić information content (AvgIpc) is 2.61. The van der Waals surface area contributed by atoms with Gasteiger partial charge in [0.15, 0.2) is 0 Å². The molecule has 0 aliphatic rings. The van der Waals surface area contributed by atoms with Crippen LogP contribution in [0.4, 0.5) is 5.69 Å². The molecule has 0 radical (unpaired) electrons. The summed E-state index contributed by atoms with van der Waals surface area (Å²) in [5, 5.41) is 7.09. The van der Waals surface area contributed by atoms with Gasteiger partial charge in [-0.05, 0) is 47.5 Å². The van der Waals surface area contributed by atoms with E-state index in [1.165, 1.54) is 11.8 Å². The maximum Gasteiger partial charge on any atom is 0.259 e. The molecule has 1 amide bonds. The quantitative estimate of drug-likeness (QED) is 0.530. The van der Waals surface area contributed by atoms with Crippen LogP contribution >= 0.6 is 15.9 Å². The number of anilines is 1. The van der Waals surface area contributed by atoms with Crippen LogP contribution in [0.25, 0.3) is 0 Å². The van der Waals surface area contributed by atoms with Crippen molar-refractivity contribution >= 4 is 33.7 Å². The van der Waals surface area contributed by atoms with Crippen molar-refractivity contribution in [3.63, 3.8) is 0 Å². The number of carbonyl (C=O) groups is 1. The van der Waals surface area contributed by atoms with Crippen LogP contribution in [-0.4, -0.2) is 32.9 Å². The van der Waals surface area contributed by atoms with E-state index in [-0.39, 0.29) is 12.5 Å². The van der Waals surface area contributed by atoms with Crippen LogP contribution in [0.1, 0.15) is 16.7 Å². The Morgan fingerprint density at radius 2 is 1.88 bits per heavy atom. The van der Waals surface area contributed by atoms with Crippen molar-refractivity contribution in [1.82, 2.24) is 5.43 Å². The summed E-state index contributed by atoms with van der Waals surface area (Å²) in [5.41, 5.74) is 6.41. The van der Waals surface area contributed by atoms with Crippen molar-refractivity contribution in [2.24, 2.45) is 5.10 Å². The first-order chi connectivity index (χ1) is 12.4. The summed E-state index contributed by atoms with van der Waals surface area (Å²) in [6.07, 6.45) is 1.53. The molecular weight excluding hydrogens is 398 g/mol. The Labute approximate surface area is 161 Å². The van der Waals surface area contributed by atoms with Crippen LogP contribution in [0.15, 0.2) is 39.9 Å². The lowest BCUT2D eigenvalue weighted by Crippen LogP contribution is -2.26. The lowest BCUT2D eigenvalue weighted by atomic mass is 10.1. The zero-order valence-corrected chi connectivity index (χ0v) is 16.8. The highest BCUT2D eigenvalue weighted by Crippen LogP contribution is 2.31. The van der Waals surface area contributed by atoms with Crippen molar-refractivity contribution in [3.05, 3.63) is 51.5 Å². The lowest BCUT2D eigenvalue weighted by Gasteiger charge is -2.10. The number of nitrogens with one attached hydrogen (secondary N) is 2. The van der Waals surface area contributed by atoms with E-state index >= 15 is 0 Å². The minimum atomic E-state index is -0.243. The lowest BCUT2D eigenvalue weighted by molar-refractivity contribution is -0.119. The van der Waals surface area contributed by atoms with Crippen LogP contribution in [0.5, 0.6) is 11.5 Å². The number of ether oxygens (including phenoxy) is 2. The molecule has 26 heavy (non-hydrogen) atoms. The molecule has 0 heterocycles. The molecule has 0 atom stereocenters. The van der Waals surface area contributed by atoms with Gasteiger partial charge in [-0.25, -0.2) is 5.43 Å². The van der Waals surface area contributed by atoms with E-state index < -0.39 is 0 Å². The summed E-state index contributed by atoms with van der Waals surface area (Å²) < 4.78 is 11.3. The predicted octanol–water partition coefficient (Wildman–Crippen LogP) is 3.65. The van der Waals surface area contributed by atoms with Crippen molar-refractivity contribution in [1.29, 1.82) is 0 Å². The third kappa shape index (κ3) is 5.23. The van der Waals surface area contributed by atoms with Crippen molar-refractivity contribution in [3.8, 4) is 11.5 Å². The third-order valence-electron chi connectivity index (χ3n) is 3.72. The largest absolute Gasteiger partial charge is 0.496 e. The van der Waals surface area contributed by atoms with Gasteiger partial charge in [-0.1, -0.05) is 17.7 Å². The van der Waals surface area contributed by atoms with Gasteiger partial charge in [0, 0.05) is 17.3 Å². The molecule has 0 saturated heterocycles. The number of rotatable bonds is 7. The molecule has 0 spiro atoms. The Hall–Kier alpha value is -2.54. The third-order valence-corrected chi connectivity index (χ3v) is 4.34. The fraction of sp³-hybridized carbons (Fsp3) is 0.263. The first kappa shape index (κ1) is 19.8. The molecule has 0 aliphatic heterocycles. The molecule has 0 unspecified atom stereocenters. The van der Waals surface area contributed by atoms with Crippen LogP contribution < -0.4 is 20.2 Å². The standard InChI is InChI=1S/C19H22BrN3O3/c1-12-5-6-16(13(2)7-12)21-11-19(24)23-22-10-14-8-15(20)18(26-4)9-17(14)25-3/h5-10,21H,11H2,1-4H3,(H,23,24). The van der Waals surface area contributed by atoms with E-state index in [9.17, 15) is 4.79 Å². The Morgan fingerprint density at radius 3 is 2.54 bits per heavy atom. The molecule has 2 N–H and O–H groups in total. The van der Waals surface area contributed by atoms with Gasteiger partial charge in [0.05, 0.1) is 31.5 Å². The van der Waals surface area contributed by atoms with E-state index in [1.807, 2.05) is 26.0 Å². The van der Waals surface area contributed by atoms with Gasteiger partial charge in [0.25, 0.3) is 5.91 Å². The number of halogens is 1. The van der Waals surface area contributed by atoms with Crippen molar-refractivity contribution in [2.45, 2.75) is 13.8 Å². The highest BCUT2D eigenvalue weighted by atomic mass is 79.9. The number of aryl methyl sites for hydroxylation is 2. The van der Waals surface area contributed by atoms with E-state index in [2.05, 4.69) is 37.8 Å². The number of nitrogens with zero attached hydrogens (tertiary/aromatic N) is 1. The maximum atomic E-state index is 12.0. The molecule has 2 rings (SSSR count). The Morgan fingerprint density at radius 1 is 1.15 bits per heavy atom. The number of benzene rings is 2. The topological polar surface area (TPSA) is 72.0 Å². The SMILES string of the molecule is COc1cc(OC)c(C=NNC(=O)CNc2ccc(C)cc2C)cc1Br. The van der Waals surface area contributed by atoms with Crippen LogP contribution in [0.2, 0.25) is 0 Å². The van der Waals surface area contributed by atoms with Gasteiger partial charge in [-0.2, -0.15) is 5.10 Å². The Bertz CT molecular complexity index is 822. The van der Waals surface area contributed by atoms with E-state index in [4.69, 9.17) is 9.47 Å². The molecule has 0 aromatic heterocycles. The zero-order valence-electron chi connectivity index (χ0n) is 15.2. The van der Waals surface area contributed by atoms with Crippen molar-refractivity contribution < 1.29 is 14.3 Å². The van der Waals surface area contributed by atoms with Gasteiger partial charge in [0.1, 0.15) is 11.5 Å². The first-order valence-electron chi connectivity index (χ1n) is 7.99. The molecule has 2 aromatic rings. The number of methoxy groups -OCH3 is 2. The number of amides is 1. The van der Waals surface area contributed by atoms with E-state index in [0.29, 0.717) is 17.1 Å². The van der Waals surface area contributed by atoms with E-state index in [0.717, 1.165) is 15.7 Å². The van der Waals surface area contributed by atoms with Gasteiger partial charge in [-0.15, -0.1) is 0 Å². The monoisotopic (exact) mass is 419 g/mol. The molecule has 2 aromatic carbocycles. The maximum absolute atomic E-state index is 12.0. The van der Waals surface area contributed by atoms with Crippen LogP contribution in [0, 0.1) is 13.8 Å². The smallest absolute Gasteiger partial charge is 0.259 e. The van der Waals surface area contributed by atoms with Crippen molar-refractivity contribution in [2.75, 3.05) is 26.1 Å². The first-order valence-corrected chi connectivity index (χ1v) is 8.78. The van der Waals surface area contributed by atoms with Gasteiger partial charge >= 0.3 is 0 Å². The summed E-state index contributed by atoms with van der Waals surface area (Å²) >= 11 is 3.41. The summed E-state index contributed by atoms with van der Waals surface area (Å²) in [6, 6.07) is 9.57. The Balaban J connectivity index is 1.95. The zero-order chi connectivity index (χ0) is 19.1. The molecular formula is C19H22BrN3O3. The summed E-state index contributed by atoms with van der Waals surface area (Å²) in [6.45, 7) is 4.16. The second-order valence-electron chi connectivity index (χ2n) is 5.69.